The predicted molar refractivity (Wildman–Crippen MR) is 119 cm³/mol. The Hall–Kier alpha value is -3.19. The number of hydrogen-bond donors (Lipinski definition) is 0. The van der Waals surface area contributed by atoms with Crippen molar-refractivity contribution >= 4 is 40.8 Å². The van der Waals surface area contributed by atoms with Crippen LogP contribution < -0.4 is 8.92 Å². The summed E-state index contributed by atoms with van der Waals surface area (Å²) in [6.07, 6.45) is 0. The third kappa shape index (κ3) is 2.43. The number of benzene rings is 4. The SMILES string of the molecule is O=C1c2ccccc2C(=C2c3ccccc3[Se]c3ccccc32)c2ccccc21. The van der Waals surface area contributed by atoms with E-state index in [0.29, 0.717) is 0 Å². The first-order valence-electron chi connectivity index (χ1n) is 9.67. The molecule has 4 aromatic carbocycles. The fraction of sp³-hybridized carbons (Fsp3) is 0. The van der Waals surface area contributed by atoms with E-state index in [-0.39, 0.29) is 20.7 Å². The molecule has 0 saturated heterocycles. The van der Waals surface area contributed by atoms with E-state index < -0.39 is 0 Å². The average molecular weight is 435 g/mol. The normalized spacial score (nSPS) is 14.0. The molecule has 1 heterocycles. The van der Waals surface area contributed by atoms with Gasteiger partial charge >= 0.3 is 176 Å². The minimum absolute atomic E-state index is 0.113. The van der Waals surface area contributed by atoms with E-state index in [1.54, 1.807) is 0 Å². The molecule has 2 aliphatic rings. The summed E-state index contributed by atoms with van der Waals surface area (Å²) in [5.74, 6) is 0.113. The van der Waals surface area contributed by atoms with Crippen molar-refractivity contribution in [2.45, 2.75) is 0 Å². The van der Waals surface area contributed by atoms with Gasteiger partial charge in [0.1, 0.15) is 0 Å². The zero-order valence-corrected chi connectivity index (χ0v) is 17.3. The molecule has 6 rings (SSSR count). The predicted octanol–water partition coefficient (Wildman–Crippen LogP) is 4.21. The van der Waals surface area contributed by atoms with Crippen LogP contribution in [0.1, 0.15) is 38.2 Å². The van der Waals surface area contributed by atoms with Crippen LogP contribution in [0.2, 0.25) is 0 Å². The van der Waals surface area contributed by atoms with Gasteiger partial charge in [0, 0.05) is 0 Å². The van der Waals surface area contributed by atoms with Gasteiger partial charge in [0.25, 0.3) is 0 Å². The summed E-state index contributed by atoms with van der Waals surface area (Å²) in [6, 6.07) is 33.5. The van der Waals surface area contributed by atoms with Crippen molar-refractivity contribution < 1.29 is 4.79 Å². The van der Waals surface area contributed by atoms with Crippen LogP contribution in [0.5, 0.6) is 0 Å². The number of carbonyl (C=O) groups is 1. The molecule has 1 aliphatic heterocycles. The van der Waals surface area contributed by atoms with E-state index >= 15 is 0 Å². The van der Waals surface area contributed by atoms with Crippen LogP contribution in [0.3, 0.4) is 0 Å². The first-order chi connectivity index (χ1) is 14.3. The number of ketones is 1. The van der Waals surface area contributed by atoms with Crippen LogP contribution in [0, 0.1) is 0 Å². The molecule has 0 bridgehead atoms. The van der Waals surface area contributed by atoms with Gasteiger partial charge in [-0.15, -0.1) is 0 Å². The fourth-order valence-corrected chi connectivity index (χ4v) is 6.70. The van der Waals surface area contributed by atoms with E-state index in [1.165, 1.54) is 31.2 Å². The second-order valence-electron chi connectivity index (χ2n) is 7.26. The third-order valence-electron chi connectivity index (χ3n) is 5.66. The average Bonchev–Trinajstić information content (AvgIpc) is 2.79. The van der Waals surface area contributed by atoms with Gasteiger partial charge in [0.2, 0.25) is 0 Å². The van der Waals surface area contributed by atoms with E-state index in [0.717, 1.165) is 22.3 Å². The molecule has 1 nitrogen and oxygen atoms in total. The summed E-state index contributed by atoms with van der Waals surface area (Å²) in [5, 5.41) is 0. The summed E-state index contributed by atoms with van der Waals surface area (Å²) in [6.45, 7) is 0. The van der Waals surface area contributed by atoms with Crippen molar-refractivity contribution in [1.29, 1.82) is 0 Å². The molecule has 0 unspecified atom stereocenters. The molecule has 2 heteroatoms. The van der Waals surface area contributed by atoms with Crippen LogP contribution in [-0.4, -0.2) is 20.7 Å². The molecular weight excluding hydrogens is 419 g/mol. The molecular formula is C27H16OSe. The summed E-state index contributed by atoms with van der Waals surface area (Å²) in [4.78, 5) is 13.2. The van der Waals surface area contributed by atoms with Gasteiger partial charge in [0.15, 0.2) is 0 Å². The van der Waals surface area contributed by atoms with Gasteiger partial charge in [0.05, 0.1) is 0 Å². The second-order valence-corrected chi connectivity index (χ2v) is 9.54. The molecule has 0 N–H and O–H groups in total. The summed E-state index contributed by atoms with van der Waals surface area (Å²) < 4.78 is 2.79. The minimum atomic E-state index is 0.113. The van der Waals surface area contributed by atoms with Gasteiger partial charge in [-0.05, 0) is 0 Å². The molecule has 0 saturated carbocycles. The summed E-state index contributed by atoms with van der Waals surface area (Å²) >= 11 is 0.279. The summed E-state index contributed by atoms with van der Waals surface area (Å²) in [7, 11) is 0. The van der Waals surface area contributed by atoms with Gasteiger partial charge in [-0.2, -0.15) is 0 Å². The Morgan fingerprint density at radius 2 is 0.759 bits per heavy atom. The van der Waals surface area contributed by atoms with E-state index in [1.807, 2.05) is 36.4 Å². The molecule has 0 atom stereocenters. The topological polar surface area (TPSA) is 17.1 Å². The van der Waals surface area contributed by atoms with Crippen molar-refractivity contribution in [3.63, 3.8) is 0 Å². The molecule has 4 aromatic rings. The van der Waals surface area contributed by atoms with Crippen LogP contribution in [-0.2, 0) is 0 Å². The molecule has 0 aromatic heterocycles. The zero-order chi connectivity index (χ0) is 19.4. The number of rotatable bonds is 0. The van der Waals surface area contributed by atoms with Crippen molar-refractivity contribution in [2.24, 2.45) is 0 Å². The van der Waals surface area contributed by atoms with Crippen LogP contribution >= 0.6 is 0 Å². The molecule has 1 aliphatic carbocycles. The Labute approximate surface area is 175 Å². The van der Waals surface area contributed by atoms with Gasteiger partial charge in [-0.25, -0.2) is 0 Å². The molecule has 136 valence electrons. The Bertz CT molecular complexity index is 1250. The van der Waals surface area contributed by atoms with E-state index in [9.17, 15) is 4.79 Å². The van der Waals surface area contributed by atoms with Crippen LogP contribution in [0.15, 0.2) is 97.1 Å². The van der Waals surface area contributed by atoms with Crippen molar-refractivity contribution in [2.75, 3.05) is 0 Å². The van der Waals surface area contributed by atoms with E-state index in [2.05, 4.69) is 60.7 Å². The Morgan fingerprint density at radius 1 is 0.414 bits per heavy atom. The molecule has 0 radical (unpaired) electrons. The standard InChI is InChI=1S/C27H16OSe/c28-27-19-11-3-1-9-17(19)25(18-10-2-4-12-20(18)27)26-21-13-5-7-15-23(21)29-24-16-8-6-14-22(24)26/h1-16H. The summed E-state index contributed by atoms with van der Waals surface area (Å²) in [5.41, 5.74) is 8.65. The Morgan fingerprint density at radius 3 is 1.24 bits per heavy atom. The first-order valence-corrected chi connectivity index (χ1v) is 11.4. The number of hydrogen-bond acceptors (Lipinski definition) is 1. The molecule has 0 amide bonds. The van der Waals surface area contributed by atoms with Gasteiger partial charge < -0.3 is 0 Å². The maximum atomic E-state index is 13.2. The van der Waals surface area contributed by atoms with Crippen LogP contribution in [0.4, 0.5) is 0 Å². The molecule has 0 fully saturated rings. The van der Waals surface area contributed by atoms with Gasteiger partial charge in [-0.1, -0.05) is 0 Å². The number of fused-ring (bicyclic) bond motifs is 4. The third-order valence-corrected chi connectivity index (χ3v) is 8.08. The quantitative estimate of drug-likeness (QED) is 0.327. The van der Waals surface area contributed by atoms with Crippen molar-refractivity contribution in [3.05, 3.63) is 130 Å². The molecule has 0 spiro atoms. The van der Waals surface area contributed by atoms with Crippen molar-refractivity contribution in [1.82, 2.24) is 0 Å². The van der Waals surface area contributed by atoms with E-state index in [4.69, 9.17) is 0 Å². The Balaban J connectivity index is 1.82. The molecule has 29 heavy (non-hydrogen) atoms. The maximum absolute atomic E-state index is 13.2. The monoisotopic (exact) mass is 436 g/mol. The van der Waals surface area contributed by atoms with Gasteiger partial charge in [-0.3, -0.25) is 0 Å². The first kappa shape index (κ1) is 16.7. The second kappa shape index (κ2) is 6.42. The Kier molecular flexibility index (Phi) is 3.70. The number of carbonyl (C=O) groups excluding carboxylic acids is 1. The van der Waals surface area contributed by atoms with Crippen molar-refractivity contribution in [3.8, 4) is 0 Å². The zero-order valence-electron chi connectivity index (χ0n) is 15.6. The van der Waals surface area contributed by atoms with Crippen LogP contribution in [0.25, 0.3) is 11.1 Å². The fourth-order valence-electron chi connectivity index (χ4n) is 4.41.